The van der Waals surface area contributed by atoms with Crippen molar-refractivity contribution in [3.63, 3.8) is 0 Å². The molecular formula is C23H28N2O. The summed E-state index contributed by atoms with van der Waals surface area (Å²) in [6.45, 7) is 7.35. The zero-order valence-corrected chi connectivity index (χ0v) is 15.7. The van der Waals surface area contributed by atoms with Crippen LogP contribution in [0.15, 0.2) is 54.6 Å². The Morgan fingerprint density at radius 1 is 0.923 bits per heavy atom. The van der Waals surface area contributed by atoms with Crippen molar-refractivity contribution in [1.82, 2.24) is 9.47 Å². The summed E-state index contributed by atoms with van der Waals surface area (Å²) in [7, 11) is 0. The summed E-state index contributed by atoms with van der Waals surface area (Å²) in [5, 5.41) is 1.31. The summed E-state index contributed by atoms with van der Waals surface area (Å²) in [5.41, 5.74) is 3.90. The van der Waals surface area contributed by atoms with E-state index in [1.807, 2.05) is 0 Å². The summed E-state index contributed by atoms with van der Waals surface area (Å²) in [6, 6.07) is 19.4. The van der Waals surface area contributed by atoms with Crippen LogP contribution < -0.4 is 4.74 Å². The first-order chi connectivity index (χ1) is 12.8. The second kappa shape index (κ2) is 7.96. The molecule has 0 radical (unpaired) electrons. The Kier molecular flexibility index (Phi) is 5.26. The van der Waals surface area contributed by atoms with Crippen LogP contribution in [0.25, 0.3) is 10.9 Å². The van der Waals surface area contributed by atoms with Crippen LogP contribution in [0.5, 0.6) is 5.75 Å². The lowest BCUT2D eigenvalue weighted by molar-refractivity contribution is 0.183. The fourth-order valence-corrected chi connectivity index (χ4v) is 3.91. The first-order valence-electron chi connectivity index (χ1n) is 9.78. The molecule has 3 nitrogen and oxygen atoms in total. The van der Waals surface area contributed by atoms with Crippen molar-refractivity contribution in [1.29, 1.82) is 0 Å². The molecule has 4 rings (SSSR count). The quantitative estimate of drug-likeness (QED) is 0.633. The first-order valence-corrected chi connectivity index (χ1v) is 9.78. The van der Waals surface area contributed by atoms with Crippen molar-refractivity contribution in [3.05, 3.63) is 65.9 Å². The van der Waals surface area contributed by atoms with Gasteiger partial charge in [0, 0.05) is 24.3 Å². The van der Waals surface area contributed by atoms with E-state index >= 15 is 0 Å². The number of benzene rings is 2. The van der Waals surface area contributed by atoms with Crippen molar-refractivity contribution in [3.8, 4) is 5.75 Å². The average Bonchev–Trinajstić information content (AvgIpc) is 2.99. The summed E-state index contributed by atoms with van der Waals surface area (Å²) in [5.74, 6) is 0.972. The van der Waals surface area contributed by atoms with Gasteiger partial charge in [0.1, 0.15) is 12.4 Å². The number of aromatic nitrogens is 1. The lowest BCUT2D eigenvalue weighted by Gasteiger charge is -2.26. The maximum absolute atomic E-state index is 5.94. The zero-order valence-electron chi connectivity index (χ0n) is 15.7. The second-order valence-electron chi connectivity index (χ2n) is 7.33. The number of piperidine rings is 1. The van der Waals surface area contributed by atoms with E-state index in [1.54, 1.807) is 0 Å². The molecule has 0 spiro atoms. The van der Waals surface area contributed by atoms with Crippen molar-refractivity contribution in [2.75, 3.05) is 26.2 Å². The molecule has 3 aromatic rings. The van der Waals surface area contributed by atoms with E-state index in [1.165, 1.54) is 54.5 Å². The van der Waals surface area contributed by atoms with Gasteiger partial charge in [-0.25, -0.2) is 0 Å². The molecule has 1 saturated heterocycles. The Morgan fingerprint density at radius 2 is 1.69 bits per heavy atom. The van der Waals surface area contributed by atoms with Gasteiger partial charge in [-0.3, -0.25) is 4.90 Å². The molecule has 136 valence electrons. The molecule has 1 aliphatic rings. The van der Waals surface area contributed by atoms with Gasteiger partial charge in [0.15, 0.2) is 0 Å². The number of para-hydroxylation sites is 1. The standard InChI is InChI=1S/C23H28N2O/c1-19-17-21-7-3-4-8-23(21)25(19)18-20-9-11-22(12-10-20)26-16-15-24-13-5-2-6-14-24/h3-4,7-12,17H,2,5-6,13-16,18H2,1H3. The van der Waals surface area contributed by atoms with Crippen LogP contribution >= 0.6 is 0 Å². The molecule has 26 heavy (non-hydrogen) atoms. The van der Waals surface area contributed by atoms with E-state index < -0.39 is 0 Å². The summed E-state index contributed by atoms with van der Waals surface area (Å²) >= 11 is 0. The van der Waals surface area contributed by atoms with Crippen LogP contribution in [0.4, 0.5) is 0 Å². The minimum absolute atomic E-state index is 0.778. The largest absolute Gasteiger partial charge is 0.492 e. The lowest BCUT2D eigenvalue weighted by Crippen LogP contribution is -2.33. The monoisotopic (exact) mass is 348 g/mol. The molecule has 0 bridgehead atoms. The van der Waals surface area contributed by atoms with Gasteiger partial charge in [-0.05, 0) is 68.1 Å². The number of aryl methyl sites for hydroxylation is 1. The number of hydrogen-bond acceptors (Lipinski definition) is 2. The Bertz CT molecular complexity index is 844. The molecule has 0 amide bonds. The van der Waals surface area contributed by atoms with Crippen LogP contribution in [-0.4, -0.2) is 35.7 Å². The third kappa shape index (κ3) is 3.94. The van der Waals surface area contributed by atoms with Crippen molar-refractivity contribution in [2.24, 2.45) is 0 Å². The molecule has 0 saturated carbocycles. The van der Waals surface area contributed by atoms with Crippen molar-refractivity contribution < 1.29 is 4.74 Å². The zero-order chi connectivity index (χ0) is 17.8. The van der Waals surface area contributed by atoms with Crippen molar-refractivity contribution in [2.45, 2.75) is 32.7 Å². The van der Waals surface area contributed by atoms with Crippen LogP contribution in [-0.2, 0) is 6.54 Å². The van der Waals surface area contributed by atoms with Gasteiger partial charge < -0.3 is 9.30 Å². The Labute approximate surface area is 156 Å². The SMILES string of the molecule is Cc1cc2ccccc2n1Cc1ccc(OCCN2CCCCC2)cc1. The Morgan fingerprint density at radius 3 is 2.50 bits per heavy atom. The van der Waals surface area contributed by atoms with Crippen LogP contribution in [0, 0.1) is 6.92 Å². The van der Waals surface area contributed by atoms with Gasteiger partial charge in [-0.2, -0.15) is 0 Å². The molecule has 0 aliphatic carbocycles. The number of likely N-dealkylation sites (tertiary alicyclic amines) is 1. The highest BCUT2D eigenvalue weighted by molar-refractivity contribution is 5.81. The summed E-state index contributed by atoms with van der Waals surface area (Å²) in [4.78, 5) is 2.51. The van der Waals surface area contributed by atoms with Gasteiger partial charge in [0.2, 0.25) is 0 Å². The van der Waals surface area contributed by atoms with E-state index in [0.29, 0.717) is 0 Å². The summed E-state index contributed by atoms with van der Waals surface area (Å²) in [6.07, 6.45) is 4.05. The van der Waals surface area contributed by atoms with E-state index in [2.05, 4.69) is 71.0 Å². The van der Waals surface area contributed by atoms with Crippen LogP contribution in [0.1, 0.15) is 30.5 Å². The fourth-order valence-electron chi connectivity index (χ4n) is 3.91. The number of rotatable bonds is 6. The lowest BCUT2D eigenvalue weighted by atomic mass is 10.1. The molecule has 2 heterocycles. The minimum atomic E-state index is 0.778. The van der Waals surface area contributed by atoms with E-state index in [-0.39, 0.29) is 0 Å². The molecular weight excluding hydrogens is 320 g/mol. The average molecular weight is 348 g/mol. The third-order valence-corrected chi connectivity index (χ3v) is 5.41. The third-order valence-electron chi connectivity index (χ3n) is 5.41. The molecule has 1 aliphatic heterocycles. The van der Waals surface area contributed by atoms with Gasteiger partial charge >= 0.3 is 0 Å². The predicted octanol–water partition coefficient (Wildman–Crippen LogP) is 4.86. The van der Waals surface area contributed by atoms with Crippen LogP contribution in [0.2, 0.25) is 0 Å². The predicted molar refractivity (Wildman–Crippen MR) is 108 cm³/mol. The van der Waals surface area contributed by atoms with Crippen molar-refractivity contribution >= 4 is 10.9 Å². The number of fused-ring (bicyclic) bond motifs is 1. The number of ether oxygens (including phenoxy) is 1. The highest BCUT2D eigenvalue weighted by Crippen LogP contribution is 2.21. The highest BCUT2D eigenvalue weighted by Gasteiger charge is 2.09. The summed E-state index contributed by atoms with van der Waals surface area (Å²) < 4.78 is 8.32. The van der Waals surface area contributed by atoms with E-state index in [0.717, 1.165) is 25.4 Å². The Balaban J connectivity index is 1.36. The van der Waals surface area contributed by atoms with E-state index in [4.69, 9.17) is 4.74 Å². The van der Waals surface area contributed by atoms with Gasteiger partial charge in [-0.15, -0.1) is 0 Å². The van der Waals surface area contributed by atoms with Crippen LogP contribution in [0.3, 0.4) is 0 Å². The van der Waals surface area contributed by atoms with Gasteiger partial charge in [-0.1, -0.05) is 36.8 Å². The molecule has 1 fully saturated rings. The topological polar surface area (TPSA) is 17.4 Å². The highest BCUT2D eigenvalue weighted by atomic mass is 16.5. The normalized spacial score (nSPS) is 15.4. The molecule has 3 heteroatoms. The molecule has 0 atom stereocenters. The number of nitrogens with zero attached hydrogens (tertiary/aromatic N) is 2. The molecule has 0 unspecified atom stereocenters. The smallest absolute Gasteiger partial charge is 0.119 e. The Hall–Kier alpha value is -2.26. The molecule has 0 N–H and O–H groups in total. The molecule has 2 aromatic carbocycles. The maximum atomic E-state index is 5.94. The maximum Gasteiger partial charge on any atom is 0.119 e. The fraction of sp³-hybridized carbons (Fsp3) is 0.391. The van der Waals surface area contributed by atoms with E-state index in [9.17, 15) is 0 Å². The van der Waals surface area contributed by atoms with Gasteiger partial charge in [0.25, 0.3) is 0 Å². The number of hydrogen-bond donors (Lipinski definition) is 0. The second-order valence-corrected chi connectivity index (χ2v) is 7.33. The van der Waals surface area contributed by atoms with Gasteiger partial charge in [0.05, 0.1) is 0 Å². The first kappa shape index (κ1) is 17.2. The minimum Gasteiger partial charge on any atom is -0.492 e. The molecule has 1 aromatic heterocycles.